The van der Waals surface area contributed by atoms with Gasteiger partial charge >= 0.3 is 0 Å². The van der Waals surface area contributed by atoms with Gasteiger partial charge in [0.15, 0.2) is 0 Å². The van der Waals surface area contributed by atoms with Crippen molar-refractivity contribution in [2.75, 3.05) is 7.11 Å². The van der Waals surface area contributed by atoms with Crippen molar-refractivity contribution in [3.63, 3.8) is 0 Å². The number of rotatable bonds is 9. The van der Waals surface area contributed by atoms with Crippen molar-refractivity contribution >= 4 is 26.5 Å². The third kappa shape index (κ3) is 3.58. The summed E-state index contributed by atoms with van der Waals surface area (Å²) in [6.07, 6.45) is 0. The third-order valence-corrected chi connectivity index (χ3v) is 17.6. The first-order chi connectivity index (χ1) is 10.9. The third-order valence-electron chi connectivity index (χ3n) is 6.46. The molecular formula is C19H35FOSi2. The Labute approximate surface area is 144 Å². The fraction of sp³-hybridized carbons (Fsp3) is 0.684. The van der Waals surface area contributed by atoms with Crippen molar-refractivity contribution in [2.24, 2.45) is 0 Å². The molecule has 0 aliphatic carbocycles. The summed E-state index contributed by atoms with van der Waals surface area (Å²) in [6.45, 7) is 13.6. The number of methoxy groups -OCH3 is 1. The molecule has 132 valence electrons. The molecule has 0 aromatic heterocycles. The van der Waals surface area contributed by atoms with Crippen LogP contribution in [0.15, 0.2) is 12.1 Å². The molecule has 0 bridgehead atoms. The van der Waals surface area contributed by atoms with E-state index in [2.05, 4.69) is 41.5 Å². The van der Waals surface area contributed by atoms with Crippen molar-refractivity contribution in [3.8, 4) is 5.75 Å². The molecule has 0 fully saturated rings. The van der Waals surface area contributed by atoms with Gasteiger partial charge in [0.25, 0.3) is 0 Å². The molecule has 0 radical (unpaired) electrons. The fourth-order valence-electron chi connectivity index (χ4n) is 4.24. The first-order valence-corrected chi connectivity index (χ1v) is 14.6. The number of ether oxygens (including phenoxy) is 1. The highest BCUT2D eigenvalue weighted by molar-refractivity contribution is 6.95. The van der Waals surface area contributed by atoms with Gasteiger partial charge in [0.1, 0.15) is 11.6 Å². The molecule has 23 heavy (non-hydrogen) atoms. The topological polar surface area (TPSA) is 9.23 Å². The minimum atomic E-state index is -1.68. The lowest BCUT2D eigenvalue weighted by molar-refractivity contribution is 0.420. The first-order valence-electron chi connectivity index (χ1n) is 9.32. The van der Waals surface area contributed by atoms with Crippen LogP contribution in [0.4, 0.5) is 4.39 Å². The van der Waals surface area contributed by atoms with Gasteiger partial charge in [-0.15, -0.1) is 0 Å². The highest BCUT2D eigenvalue weighted by atomic mass is 28.3. The average Bonchev–Trinajstić information content (AvgIpc) is 2.59. The van der Waals surface area contributed by atoms with E-state index in [-0.39, 0.29) is 5.82 Å². The summed E-state index contributed by atoms with van der Waals surface area (Å²) >= 11 is 0. The highest BCUT2D eigenvalue weighted by Crippen LogP contribution is 2.29. The molecule has 0 amide bonds. The summed E-state index contributed by atoms with van der Waals surface area (Å²) in [4.78, 5) is 0. The van der Waals surface area contributed by atoms with Crippen molar-refractivity contribution in [1.82, 2.24) is 0 Å². The summed E-state index contributed by atoms with van der Waals surface area (Å²) in [5, 5.41) is 2.46. The number of hydrogen-bond acceptors (Lipinski definition) is 1. The van der Waals surface area contributed by atoms with Crippen molar-refractivity contribution in [2.45, 2.75) is 77.8 Å². The zero-order valence-electron chi connectivity index (χ0n) is 16.2. The van der Waals surface area contributed by atoms with Gasteiger partial charge in [0.05, 0.1) is 23.3 Å². The van der Waals surface area contributed by atoms with E-state index in [0.717, 1.165) is 42.0 Å². The molecule has 1 aromatic carbocycles. The van der Waals surface area contributed by atoms with E-state index in [4.69, 9.17) is 4.74 Å². The van der Waals surface area contributed by atoms with E-state index in [1.807, 2.05) is 0 Å². The molecule has 1 aromatic rings. The summed E-state index contributed by atoms with van der Waals surface area (Å²) in [7, 11) is -1.59. The molecule has 0 aliphatic heterocycles. The second kappa shape index (κ2) is 8.47. The Morgan fingerprint density at radius 2 is 1.04 bits per heavy atom. The van der Waals surface area contributed by atoms with Crippen LogP contribution in [0.5, 0.6) is 5.75 Å². The monoisotopic (exact) mass is 354 g/mol. The zero-order chi connectivity index (χ0) is 17.7. The van der Waals surface area contributed by atoms with Gasteiger partial charge in [-0.3, -0.25) is 0 Å². The molecule has 0 spiro atoms. The molecule has 0 unspecified atom stereocenters. The van der Waals surface area contributed by atoms with Crippen molar-refractivity contribution < 1.29 is 9.13 Å². The predicted octanol–water partition coefficient (Wildman–Crippen LogP) is 5.27. The van der Waals surface area contributed by atoms with E-state index in [9.17, 15) is 4.39 Å². The minimum absolute atomic E-state index is 0.0600. The Balaban J connectivity index is 3.76. The molecule has 0 atom stereocenters. The van der Waals surface area contributed by atoms with Crippen molar-refractivity contribution in [3.05, 3.63) is 17.9 Å². The van der Waals surface area contributed by atoms with E-state index in [1.54, 1.807) is 19.2 Å². The fourth-order valence-corrected chi connectivity index (χ4v) is 12.0. The Hall–Kier alpha value is -0.616. The minimum Gasteiger partial charge on any atom is -0.497 e. The maximum Gasteiger partial charge on any atom is 0.123 e. The molecule has 0 N–H and O–H groups in total. The lowest BCUT2D eigenvalue weighted by Gasteiger charge is -2.35. The molecule has 1 nitrogen and oxygen atoms in total. The first kappa shape index (κ1) is 20.4. The van der Waals surface area contributed by atoms with Gasteiger partial charge in [-0.1, -0.05) is 77.8 Å². The second-order valence-electron chi connectivity index (χ2n) is 6.72. The van der Waals surface area contributed by atoms with Gasteiger partial charge < -0.3 is 4.74 Å². The van der Waals surface area contributed by atoms with Crippen LogP contribution >= 0.6 is 0 Å². The summed E-state index contributed by atoms with van der Waals surface area (Å²) in [6, 6.07) is 10.5. The average molecular weight is 355 g/mol. The molecule has 4 heteroatoms. The van der Waals surface area contributed by atoms with Crippen LogP contribution in [0.1, 0.15) is 41.5 Å². The van der Waals surface area contributed by atoms with E-state index >= 15 is 0 Å². The van der Waals surface area contributed by atoms with Crippen molar-refractivity contribution in [1.29, 1.82) is 0 Å². The largest absolute Gasteiger partial charge is 0.497 e. The van der Waals surface area contributed by atoms with Gasteiger partial charge in [-0.25, -0.2) is 4.39 Å². The van der Waals surface area contributed by atoms with Gasteiger partial charge in [0.2, 0.25) is 0 Å². The maximum absolute atomic E-state index is 14.6. The smallest absolute Gasteiger partial charge is 0.123 e. The van der Waals surface area contributed by atoms with Gasteiger partial charge in [-0.2, -0.15) is 0 Å². The van der Waals surface area contributed by atoms with Crippen LogP contribution < -0.4 is 15.1 Å². The molecule has 0 heterocycles. The highest BCUT2D eigenvalue weighted by Gasteiger charge is 2.38. The normalized spacial score (nSPS) is 12.5. The Bertz CT molecular complexity index is 451. The molecule has 0 saturated carbocycles. The van der Waals surface area contributed by atoms with Crippen LogP contribution in [0.3, 0.4) is 0 Å². The van der Waals surface area contributed by atoms with Crippen LogP contribution in [0.25, 0.3) is 0 Å². The summed E-state index contributed by atoms with van der Waals surface area (Å²) in [5.74, 6) is 0.982. The SMILES string of the molecule is CC[Si](CC)(CC)c1cc(F)cc([Si](CC)(CC)CC)c1OC. The Morgan fingerprint density at radius 3 is 1.26 bits per heavy atom. The Morgan fingerprint density at radius 1 is 0.739 bits per heavy atom. The number of halogens is 1. The quantitative estimate of drug-likeness (QED) is 0.549. The van der Waals surface area contributed by atoms with Gasteiger partial charge in [0, 0.05) is 0 Å². The maximum atomic E-state index is 14.6. The molecular weight excluding hydrogens is 319 g/mol. The predicted molar refractivity (Wildman–Crippen MR) is 107 cm³/mol. The van der Waals surface area contributed by atoms with Crippen LogP contribution in [-0.4, -0.2) is 23.3 Å². The lowest BCUT2D eigenvalue weighted by Crippen LogP contribution is -2.53. The van der Waals surface area contributed by atoms with Crippen LogP contribution in [0, 0.1) is 5.82 Å². The van der Waals surface area contributed by atoms with Crippen LogP contribution in [-0.2, 0) is 0 Å². The second-order valence-corrected chi connectivity index (χ2v) is 17.2. The number of hydrogen-bond donors (Lipinski definition) is 0. The summed E-state index contributed by atoms with van der Waals surface area (Å²) < 4.78 is 20.6. The summed E-state index contributed by atoms with van der Waals surface area (Å²) in [5.41, 5.74) is 0. The van der Waals surface area contributed by atoms with E-state index < -0.39 is 16.1 Å². The zero-order valence-corrected chi connectivity index (χ0v) is 18.2. The Kier molecular flexibility index (Phi) is 7.52. The van der Waals surface area contributed by atoms with E-state index in [0.29, 0.717) is 0 Å². The molecule has 0 aliphatic rings. The lowest BCUT2D eigenvalue weighted by atomic mass is 10.3. The van der Waals surface area contributed by atoms with Crippen LogP contribution in [0.2, 0.25) is 36.3 Å². The van der Waals surface area contributed by atoms with Gasteiger partial charge in [-0.05, 0) is 22.5 Å². The number of benzene rings is 1. The standard InChI is InChI=1S/C19H35FOSi2/c1-8-22(9-2,10-3)17-14-16(20)15-18(19(17)21-7)23(11-4,12-5)13-6/h14-15H,8-13H2,1-7H3. The molecule has 1 rings (SSSR count). The molecule has 0 saturated heterocycles. The van der Waals surface area contributed by atoms with E-state index in [1.165, 1.54) is 10.4 Å².